The minimum absolute atomic E-state index is 0.371. The third-order valence-corrected chi connectivity index (χ3v) is 6.02. The summed E-state index contributed by atoms with van der Waals surface area (Å²) in [7, 11) is -3.98. The lowest BCUT2D eigenvalue weighted by atomic mass is 10.0. The summed E-state index contributed by atoms with van der Waals surface area (Å²) in [6.07, 6.45) is -1.43. The van der Waals surface area contributed by atoms with Crippen LogP contribution in [0.3, 0.4) is 0 Å². The zero-order chi connectivity index (χ0) is 19.5. The van der Waals surface area contributed by atoms with E-state index in [1.54, 1.807) is 20.8 Å². The Hall–Kier alpha value is -1.70. The summed E-state index contributed by atoms with van der Waals surface area (Å²) in [5.41, 5.74) is -1.20. The fourth-order valence-electron chi connectivity index (χ4n) is 3.02. The summed E-state index contributed by atoms with van der Waals surface area (Å²) in [6.45, 7) is 5.60. The number of ether oxygens (including phenoxy) is 1. The first-order valence-electron chi connectivity index (χ1n) is 8.61. The zero-order valence-corrected chi connectivity index (χ0v) is 16.1. The van der Waals surface area contributed by atoms with E-state index in [2.05, 4.69) is 0 Å². The molecule has 26 heavy (non-hydrogen) atoms. The highest BCUT2D eigenvalue weighted by Gasteiger charge is 2.35. The van der Waals surface area contributed by atoms with Gasteiger partial charge in [0.1, 0.15) is 5.60 Å². The van der Waals surface area contributed by atoms with Crippen LogP contribution in [0.2, 0.25) is 0 Å². The molecule has 0 N–H and O–H groups in total. The van der Waals surface area contributed by atoms with E-state index < -0.39 is 45.3 Å². The molecule has 1 unspecified atom stereocenters. The van der Waals surface area contributed by atoms with Gasteiger partial charge in [0.2, 0.25) is 0 Å². The average Bonchev–Trinajstić information content (AvgIpc) is 2.53. The second kappa shape index (κ2) is 7.90. The topological polar surface area (TPSA) is 63.7 Å². The first-order chi connectivity index (χ1) is 12.0. The standard InChI is InChI=1S/C18H25F2NO4S/c1-18(2,3)25-17(22)21-11-7-6-8-13(21)12-26(23,24)15-10-5-4-9-14(15)16(19)20/h4-5,9-10,13,16H,6-8,11-12H2,1-3H3. The fraction of sp³-hybridized carbons (Fsp3) is 0.611. The number of rotatable bonds is 4. The molecule has 8 heteroatoms. The third kappa shape index (κ3) is 5.16. The molecule has 1 aliphatic rings. The van der Waals surface area contributed by atoms with Crippen molar-refractivity contribution in [1.82, 2.24) is 4.90 Å². The largest absolute Gasteiger partial charge is 0.444 e. The van der Waals surface area contributed by atoms with Crippen LogP contribution in [0.25, 0.3) is 0 Å². The minimum atomic E-state index is -3.98. The molecule has 0 saturated carbocycles. The zero-order valence-electron chi connectivity index (χ0n) is 15.2. The van der Waals surface area contributed by atoms with Gasteiger partial charge in [-0.05, 0) is 46.1 Å². The Morgan fingerprint density at radius 1 is 1.27 bits per heavy atom. The number of sulfone groups is 1. The lowest BCUT2D eigenvalue weighted by Crippen LogP contribution is -2.49. The maximum Gasteiger partial charge on any atom is 0.410 e. The minimum Gasteiger partial charge on any atom is -0.444 e. The molecule has 0 aromatic heterocycles. The molecule has 1 aromatic rings. The fourth-order valence-corrected chi connectivity index (χ4v) is 4.86. The molecule has 0 spiro atoms. The number of carbonyl (C=O) groups is 1. The van der Waals surface area contributed by atoms with Crippen LogP contribution in [0.5, 0.6) is 0 Å². The lowest BCUT2D eigenvalue weighted by molar-refractivity contribution is 0.0124. The quantitative estimate of drug-likeness (QED) is 0.775. The molecule has 0 bridgehead atoms. The van der Waals surface area contributed by atoms with Crippen molar-refractivity contribution in [2.75, 3.05) is 12.3 Å². The van der Waals surface area contributed by atoms with Crippen molar-refractivity contribution in [3.8, 4) is 0 Å². The van der Waals surface area contributed by atoms with E-state index in [0.717, 1.165) is 18.9 Å². The molecule has 1 amide bonds. The molecule has 146 valence electrons. The van der Waals surface area contributed by atoms with E-state index in [1.165, 1.54) is 23.1 Å². The van der Waals surface area contributed by atoms with E-state index in [4.69, 9.17) is 4.74 Å². The van der Waals surface area contributed by atoms with Crippen molar-refractivity contribution >= 4 is 15.9 Å². The van der Waals surface area contributed by atoms with Crippen LogP contribution >= 0.6 is 0 Å². The van der Waals surface area contributed by atoms with Gasteiger partial charge in [0, 0.05) is 18.2 Å². The number of likely N-dealkylation sites (tertiary alicyclic amines) is 1. The molecule has 5 nitrogen and oxygen atoms in total. The predicted molar refractivity (Wildman–Crippen MR) is 94.0 cm³/mol. The molecule has 0 aliphatic carbocycles. The number of carbonyl (C=O) groups excluding carboxylic acids is 1. The molecular weight excluding hydrogens is 364 g/mol. The molecule has 1 atom stereocenters. The van der Waals surface area contributed by atoms with Crippen LogP contribution in [0.1, 0.15) is 52.0 Å². The van der Waals surface area contributed by atoms with Gasteiger partial charge < -0.3 is 9.64 Å². The van der Waals surface area contributed by atoms with Crippen LogP contribution in [-0.4, -0.2) is 43.4 Å². The summed E-state index contributed by atoms with van der Waals surface area (Å²) >= 11 is 0. The summed E-state index contributed by atoms with van der Waals surface area (Å²) < 4.78 is 57.3. The number of benzene rings is 1. The van der Waals surface area contributed by atoms with Gasteiger partial charge in [-0.25, -0.2) is 22.0 Å². The second-order valence-corrected chi connectivity index (χ2v) is 9.45. The van der Waals surface area contributed by atoms with Crippen molar-refractivity contribution in [2.24, 2.45) is 0 Å². The van der Waals surface area contributed by atoms with Crippen molar-refractivity contribution in [2.45, 2.75) is 63.0 Å². The summed E-state index contributed by atoms with van der Waals surface area (Å²) in [5, 5.41) is 0. The number of piperidine rings is 1. The van der Waals surface area contributed by atoms with Crippen molar-refractivity contribution in [1.29, 1.82) is 0 Å². The normalized spacial score (nSPS) is 18.8. The molecule has 0 radical (unpaired) electrons. The molecule has 1 heterocycles. The Morgan fingerprint density at radius 3 is 2.54 bits per heavy atom. The van der Waals surface area contributed by atoms with E-state index in [-0.39, 0.29) is 4.90 Å². The van der Waals surface area contributed by atoms with Crippen LogP contribution in [0.15, 0.2) is 29.2 Å². The number of halogens is 2. The van der Waals surface area contributed by atoms with Crippen molar-refractivity contribution in [3.63, 3.8) is 0 Å². The highest BCUT2D eigenvalue weighted by atomic mass is 32.2. The third-order valence-electron chi connectivity index (χ3n) is 4.16. The van der Waals surface area contributed by atoms with Gasteiger partial charge in [0.15, 0.2) is 9.84 Å². The van der Waals surface area contributed by atoms with Crippen LogP contribution in [0, 0.1) is 0 Å². The first-order valence-corrected chi connectivity index (χ1v) is 10.3. The smallest absolute Gasteiger partial charge is 0.410 e. The van der Waals surface area contributed by atoms with Crippen LogP contribution in [-0.2, 0) is 14.6 Å². The van der Waals surface area contributed by atoms with Gasteiger partial charge in [-0.1, -0.05) is 18.2 Å². The number of amides is 1. The number of hydrogen-bond donors (Lipinski definition) is 0. The first kappa shape index (κ1) is 20.6. The maximum absolute atomic E-state index is 13.2. The van der Waals surface area contributed by atoms with Crippen molar-refractivity contribution in [3.05, 3.63) is 29.8 Å². The van der Waals surface area contributed by atoms with Crippen molar-refractivity contribution < 1.29 is 26.7 Å². The van der Waals surface area contributed by atoms with Gasteiger partial charge in [0.25, 0.3) is 6.43 Å². The lowest BCUT2D eigenvalue weighted by Gasteiger charge is -2.36. The van der Waals surface area contributed by atoms with E-state index in [1.807, 2.05) is 0 Å². The van der Waals surface area contributed by atoms with Gasteiger partial charge in [-0.15, -0.1) is 0 Å². The number of alkyl halides is 2. The second-order valence-electron chi connectivity index (χ2n) is 7.44. The summed E-state index contributed by atoms with van der Waals surface area (Å²) in [6, 6.07) is 4.52. The van der Waals surface area contributed by atoms with Crippen LogP contribution in [0.4, 0.5) is 13.6 Å². The maximum atomic E-state index is 13.2. The summed E-state index contributed by atoms with van der Waals surface area (Å²) in [4.78, 5) is 13.5. The number of nitrogens with zero attached hydrogens (tertiary/aromatic N) is 1. The molecule has 1 fully saturated rings. The molecule has 2 rings (SSSR count). The van der Waals surface area contributed by atoms with Gasteiger partial charge in [-0.2, -0.15) is 0 Å². The Morgan fingerprint density at radius 2 is 1.92 bits per heavy atom. The van der Waals surface area contributed by atoms with Crippen LogP contribution < -0.4 is 0 Å². The predicted octanol–water partition coefficient (Wildman–Crippen LogP) is 4.19. The Bertz CT molecular complexity index is 744. The SMILES string of the molecule is CC(C)(C)OC(=O)N1CCCCC1CS(=O)(=O)c1ccccc1C(F)F. The Labute approximate surface area is 153 Å². The molecule has 1 aromatic carbocycles. The van der Waals surface area contributed by atoms with E-state index in [9.17, 15) is 22.0 Å². The molecular formula is C18H25F2NO4S. The van der Waals surface area contributed by atoms with Gasteiger partial charge in [0.05, 0.1) is 10.6 Å². The van der Waals surface area contributed by atoms with E-state index in [0.29, 0.717) is 13.0 Å². The van der Waals surface area contributed by atoms with E-state index >= 15 is 0 Å². The average molecular weight is 389 g/mol. The van der Waals surface area contributed by atoms with Gasteiger partial charge in [-0.3, -0.25) is 0 Å². The molecule has 1 saturated heterocycles. The Kier molecular flexibility index (Phi) is 6.26. The monoisotopic (exact) mass is 389 g/mol. The highest BCUT2D eigenvalue weighted by Crippen LogP contribution is 2.29. The Balaban J connectivity index is 2.25. The number of hydrogen-bond acceptors (Lipinski definition) is 4. The highest BCUT2D eigenvalue weighted by molar-refractivity contribution is 7.91. The molecule has 1 aliphatic heterocycles. The summed E-state index contributed by atoms with van der Waals surface area (Å²) in [5.74, 6) is -0.393. The van der Waals surface area contributed by atoms with Gasteiger partial charge >= 0.3 is 6.09 Å².